The Morgan fingerprint density at radius 2 is 2.08 bits per heavy atom. The molecule has 1 aliphatic rings. The van der Waals surface area contributed by atoms with Gasteiger partial charge < -0.3 is 20.3 Å². The van der Waals surface area contributed by atoms with Crippen molar-refractivity contribution in [3.8, 4) is 0 Å². The first kappa shape index (κ1) is 27.3. The molecule has 0 saturated carbocycles. The second kappa shape index (κ2) is 11.3. The van der Waals surface area contributed by atoms with E-state index in [9.17, 15) is 23.1 Å². The van der Waals surface area contributed by atoms with Crippen molar-refractivity contribution >= 4 is 32.8 Å². The zero-order valence-corrected chi connectivity index (χ0v) is 21.7. The van der Waals surface area contributed by atoms with E-state index in [4.69, 9.17) is 4.52 Å². The molecule has 2 unspecified atom stereocenters. The molecular weight excluding hydrogens is 516 g/mol. The summed E-state index contributed by atoms with van der Waals surface area (Å²) in [6, 6.07) is 4.65. The number of aliphatic carboxylic acids is 1. The number of H-pyrrole nitrogens is 1. The van der Waals surface area contributed by atoms with Crippen LogP contribution in [0.4, 0.5) is 0 Å². The molecule has 0 bridgehead atoms. The monoisotopic (exact) mass is 546 g/mol. The summed E-state index contributed by atoms with van der Waals surface area (Å²) in [6.07, 6.45) is 5.68. The lowest BCUT2D eigenvalue weighted by Gasteiger charge is -2.31. The van der Waals surface area contributed by atoms with Gasteiger partial charge in [-0.3, -0.25) is 20.5 Å². The van der Waals surface area contributed by atoms with Crippen LogP contribution >= 0.6 is 0 Å². The molecule has 14 nitrogen and oxygen atoms in total. The van der Waals surface area contributed by atoms with Gasteiger partial charge in [0.15, 0.2) is 5.76 Å². The van der Waals surface area contributed by atoms with Crippen LogP contribution < -0.4 is 26.0 Å². The summed E-state index contributed by atoms with van der Waals surface area (Å²) >= 11 is 0. The maximum atomic E-state index is 13.3. The first-order chi connectivity index (χ1) is 18.1. The Morgan fingerprint density at radius 1 is 1.26 bits per heavy atom. The number of nitrogens with one attached hydrogen (secondary N) is 6. The fourth-order valence-electron chi connectivity index (χ4n) is 4.19. The van der Waals surface area contributed by atoms with Gasteiger partial charge in [-0.2, -0.15) is 9.82 Å². The van der Waals surface area contributed by atoms with Crippen LogP contribution in [0.1, 0.15) is 41.1 Å². The van der Waals surface area contributed by atoms with E-state index in [2.05, 4.69) is 41.3 Å². The highest BCUT2D eigenvalue weighted by Crippen LogP contribution is 2.23. The Morgan fingerprint density at radius 3 is 2.76 bits per heavy atom. The fraction of sp³-hybridized carbons (Fsp3) is 0.391. The zero-order valence-electron chi connectivity index (χ0n) is 20.9. The molecule has 3 aromatic rings. The van der Waals surface area contributed by atoms with Crippen LogP contribution in [0, 0.1) is 13.8 Å². The third-order valence-corrected chi connectivity index (χ3v) is 7.82. The Labute approximate surface area is 218 Å². The number of unbranched alkanes of at least 4 members (excludes halogenated alkanes) is 1. The zero-order chi connectivity index (χ0) is 27.3. The summed E-state index contributed by atoms with van der Waals surface area (Å²) in [4.78, 5) is 25.6. The molecule has 7 N–H and O–H groups in total. The predicted molar refractivity (Wildman–Crippen MR) is 136 cm³/mol. The minimum absolute atomic E-state index is 0.00300. The van der Waals surface area contributed by atoms with E-state index < -0.39 is 27.6 Å². The van der Waals surface area contributed by atoms with E-state index >= 15 is 0 Å². The summed E-state index contributed by atoms with van der Waals surface area (Å²) in [5, 5.41) is 33.2. The highest BCUT2D eigenvalue weighted by molar-refractivity contribution is 7.89. The average Bonchev–Trinajstić information content (AvgIpc) is 3.49. The van der Waals surface area contributed by atoms with Gasteiger partial charge in [-0.25, -0.2) is 13.2 Å². The molecule has 0 spiro atoms. The number of rotatable bonds is 12. The van der Waals surface area contributed by atoms with Crippen molar-refractivity contribution in [3.05, 3.63) is 53.7 Å². The maximum absolute atomic E-state index is 13.3. The second-order valence-corrected chi connectivity index (χ2v) is 10.5. The Bertz CT molecular complexity index is 1430. The normalized spacial score (nSPS) is 17.2. The lowest BCUT2D eigenvalue weighted by Crippen LogP contribution is -2.65. The summed E-state index contributed by atoms with van der Waals surface area (Å²) < 4.78 is 33.9. The molecule has 0 aliphatic carbocycles. The van der Waals surface area contributed by atoms with Crippen LogP contribution in [0.5, 0.6) is 0 Å². The van der Waals surface area contributed by atoms with Crippen LogP contribution in [-0.2, 0) is 14.8 Å². The van der Waals surface area contributed by atoms with Gasteiger partial charge in [0.2, 0.25) is 15.7 Å². The van der Waals surface area contributed by atoms with E-state index in [1.807, 2.05) is 12.3 Å². The first-order valence-corrected chi connectivity index (χ1v) is 13.4. The number of nitrogens with zero attached hydrogens (tertiary/aromatic N) is 2. The highest BCUT2D eigenvalue weighted by atomic mass is 32.2. The van der Waals surface area contributed by atoms with E-state index in [0.717, 1.165) is 0 Å². The number of benzene rings is 1. The van der Waals surface area contributed by atoms with Gasteiger partial charge in [-0.1, -0.05) is 11.2 Å². The van der Waals surface area contributed by atoms with Gasteiger partial charge in [-0.15, -0.1) is 0 Å². The van der Waals surface area contributed by atoms with Crippen LogP contribution in [0.2, 0.25) is 0 Å². The molecule has 0 fully saturated rings. The van der Waals surface area contributed by atoms with E-state index in [-0.39, 0.29) is 41.0 Å². The van der Waals surface area contributed by atoms with Crippen LogP contribution in [0.15, 0.2) is 46.1 Å². The molecule has 1 amide bonds. The molecule has 0 saturated heterocycles. The number of carboxylic acids is 1. The first-order valence-electron chi connectivity index (χ1n) is 11.9. The Hall–Kier alpha value is -3.79. The minimum Gasteiger partial charge on any atom is -0.478 e. The van der Waals surface area contributed by atoms with Gasteiger partial charge in [0.05, 0.1) is 11.7 Å². The number of fused-ring (bicyclic) bond motifs is 1. The minimum atomic E-state index is -4.45. The fourth-order valence-corrected chi connectivity index (χ4v) is 5.84. The average molecular weight is 547 g/mol. The highest BCUT2D eigenvalue weighted by Gasteiger charge is 2.45. The molecule has 4 rings (SSSR count). The smallest absolute Gasteiger partial charge is 0.345 e. The number of aryl methyl sites for hydroxylation is 2. The van der Waals surface area contributed by atoms with Crippen molar-refractivity contribution in [1.82, 2.24) is 41.3 Å². The van der Waals surface area contributed by atoms with E-state index in [1.54, 1.807) is 6.07 Å². The molecule has 204 valence electrons. The van der Waals surface area contributed by atoms with Crippen molar-refractivity contribution in [2.75, 3.05) is 13.1 Å². The lowest BCUT2D eigenvalue weighted by atomic mass is 10.0. The van der Waals surface area contributed by atoms with Gasteiger partial charge >= 0.3 is 5.97 Å². The maximum Gasteiger partial charge on any atom is 0.345 e. The third-order valence-electron chi connectivity index (χ3n) is 6.09. The SMILES string of the molecule is Cc1noc(C)c1S(=O)(=O)NC(CCCCNC1NC=CCN1)(NC(=O)c1ccc2[nH]ncc2c1)C(=O)O. The van der Waals surface area contributed by atoms with Gasteiger partial charge in [0.1, 0.15) is 16.9 Å². The number of aromatic nitrogens is 3. The Kier molecular flexibility index (Phi) is 8.11. The quantitative estimate of drug-likeness (QED) is 0.122. The number of hydrogen-bond donors (Lipinski definition) is 7. The second-order valence-electron chi connectivity index (χ2n) is 8.92. The summed E-state index contributed by atoms with van der Waals surface area (Å²) in [6.45, 7) is 4.05. The number of hydrogen-bond acceptors (Lipinski definition) is 10. The summed E-state index contributed by atoms with van der Waals surface area (Å²) in [5.41, 5.74) is -1.45. The van der Waals surface area contributed by atoms with E-state index in [1.165, 1.54) is 32.2 Å². The molecular formula is C23H30N8O6S. The molecule has 2 aromatic heterocycles. The lowest BCUT2D eigenvalue weighted by molar-refractivity contribution is -0.145. The van der Waals surface area contributed by atoms with Crippen molar-refractivity contribution in [2.24, 2.45) is 0 Å². The molecule has 1 aromatic carbocycles. The molecule has 2 atom stereocenters. The number of carboxylic acid groups (broad SMARTS) is 1. The third kappa shape index (κ3) is 6.02. The summed E-state index contributed by atoms with van der Waals surface area (Å²) in [7, 11) is -4.45. The van der Waals surface area contributed by atoms with Crippen molar-refractivity contribution in [3.63, 3.8) is 0 Å². The number of amides is 1. The molecule has 15 heteroatoms. The van der Waals surface area contributed by atoms with Crippen molar-refractivity contribution in [1.29, 1.82) is 0 Å². The molecule has 0 radical (unpaired) electrons. The molecule has 3 heterocycles. The summed E-state index contributed by atoms with van der Waals surface area (Å²) in [5.74, 6) is -2.33. The van der Waals surface area contributed by atoms with Crippen molar-refractivity contribution in [2.45, 2.75) is 50.0 Å². The molecule has 38 heavy (non-hydrogen) atoms. The van der Waals surface area contributed by atoms with Crippen LogP contribution in [0.3, 0.4) is 0 Å². The van der Waals surface area contributed by atoms with Crippen LogP contribution in [0.25, 0.3) is 10.9 Å². The van der Waals surface area contributed by atoms with Crippen LogP contribution in [-0.4, -0.2) is 65.8 Å². The number of sulfonamides is 1. The largest absolute Gasteiger partial charge is 0.478 e. The standard InChI is InChI=1S/C23H30N8O6S/c1-14-19(15(2)37-30-14)38(35,36)31-23(21(33)34,8-3-4-9-24-22-25-10-5-11-26-22)28-20(32)16-6-7-18-17(12-16)13-27-29-18/h5-7,10,12-13,22,24-26,31H,3-4,8-9,11H2,1-2H3,(H,27,29)(H,28,32)(H,33,34). The topological polar surface area (TPSA) is 203 Å². The number of aromatic amines is 1. The van der Waals surface area contributed by atoms with Gasteiger partial charge in [0.25, 0.3) is 5.91 Å². The van der Waals surface area contributed by atoms with E-state index in [0.29, 0.717) is 30.4 Å². The number of carbonyl (C=O) groups is 2. The van der Waals surface area contributed by atoms with Gasteiger partial charge in [0, 0.05) is 17.5 Å². The van der Waals surface area contributed by atoms with Crippen molar-refractivity contribution < 1.29 is 27.6 Å². The Balaban J connectivity index is 1.56. The molecule has 1 aliphatic heterocycles. The van der Waals surface area contributed by atoms with Gasteiger partial charge in [-0.05, 0) is 64.1 Å². The predicted octanol–water partition coefficient (Wildman–Crippen LogP) is 0.407. The number of carbonyl (C=O) groups excluding carboxylic acids is 1.